The van der Waals surface area contributed by atoms with Gasteiger partial charge in [-0.15, -0.1) is 0 Å². The van der Waals surface area contributed by atoms with Gasteiger partial charge in [-0.2, -0.15) is 0 Å². The molecule has 0 saturated heterocycles. The summed E-state index contributed by atoms with van der Waals surface area (Å²) in [5.74, 6) is 0. The normalized spacial score (nSPS) is 13.4. The summed E-state index contributed by atoms with van der Waals surface area (Å²) in [5, 5.41) is 11.8. The van der Waals surface area contributed by atoms with E-state index in [4.69, 9.17) is 8.83 Å². The molecule has 0 radical (unpaired) electrons. The van der Waals surface area contributed by atoms with Crippen LogP contribution in [0.4, 0.5) is 0 Å². The SMILES string of the molecule is CC1(C)c2ccc(-c3cc4oc5ccc6ccccc6c5c4c4oc5ccccc5c34)cc2-c2ccc(-c3c4ccccc4c(-c4ccccc4)c4ccccc34)cc21. The fourth-order valence-corrected chi connectivity index (χ4v) is 10.6. The zero-order chi connectivity index (χ0) is 39.0. The zero-order valence-electron chi connectivity index (χ0n) is 32.6. The predicted molar refractivity (Wildman–Crippen MR) is 247 cm³/mol. The van der Waals surface area contributed by atoms with Gasteiger partial charge in [0, 0.05) is 21.6 Å². The highest BCUT2D eigenvalue weighted by molar-refractivity contribution is 6.30. The number of hydrogen-bond acceptors (Lipinski definition) is 2. The number of benzene rings is 10. The van der Waals surface area contributed by atoms with Crippen molar-refractivity contribution in [3.63, 3.8) is 0 Å². The number of furan rings is 2. The van der Waals surface area contributed by atoms with Crippen LogP contribution in [-0.4, -0.2) is 0 Å². The summed E-state index contributed by atoms with van der Waals surface area (Å²) < 4.78 is 13.5. The minimum Gasteiger partial charge on any atom is -0.456 e. The molecule has 0 spiro atoms. The molecule has 0 bridgehead atoms. The van der Waals surface area contributed by atoms with E-state index in [1.165, 1.54) is 76.8 Å². The third-order valence-corrected chi connectivity index (χ3v) is 13.2. The average molecular weight is 753 g/mol. The molecule has 0 saturated carbocycles. The van der Waals surface area contributed by atoms with Crippen molar-refractivity contribution in [3.05, 3.63) is 193 Å². The van der Waals surface area contributed by atoms with Crippen LogP contribution in [-0.2, 0) is 5.41 Å². The van der Waals surface area contributed by atoms with E-state index in [-0.39, 0.29) is 5.41 Å². The van der Waals surface area contributed by atoms with Crippen LogP contribution in [0.25, 0.3) is 121 Å². The average Bonchev–Trinajstić information content (AvgIpc) is 3.93. The van der Waals surface area contributed by atoms with Crippen molar-refractivity contribution in [1.29, 1.82) is 0 Å². The predicted octanol–water partition coefficient (Wildman–Crippen LogP) is 16.3. The highest BCUT2D eigenvalue weighted by atomic mass is 16.3. The number of rotatable bonds is 3. The molecule has 0 atom stereocenters. The number of hydrogen-bond donors (Lipinski definition) is 0. The van der Waals surface area contributed by atoms with Crippen molar-refractivity contribution < 1.29 is 8.83 Å². The summed E-state index contributed by atoms with van der Waals surface area (Å²) in [6.45, 7) is 4.75. The molecule has 12 aromatic rings. The van der Waals surface area contributed by atoms with Crippen LogP contribution < -0.4 is 0 Å². The summed E-state index contributed by atoms with van der Waals surface area (Å²) in [7, 11) is 0. The maximum absolute atomic E-state index is 6.81. The second kappa shape index (κ2) is 11.8. The zero-order valence-corrected chi connectivity index (χ0v) is 32.6. The molecule has 2 aromatic heterocycles. The molecule has 276 valence electrons. The smallest absolute Gasteiger partial charge is 0.147 e. The molecule has 1 aliphatic carbocycles. The third-order valence-electron chi connectivity index (χ3n) is 13.2. The molecule has 0 N–H and O–H groups in total. The van der Waals surface area contributed by atoms with Gasteiger partial charge in [0.25, 0.3) is 0 Å². The van der Waals surface area contributed by atoms with E-state index in [1.54, 1.807) is 0 Å². The van der Waals surface area contributed by atoms with Gasteiger partial charge in [0.05, 0.1) is 5.39 Å². The van der Waals surface area contributed by atoms with E-state index in [0.29, 0.717) is 0 Å². The van der Waals surface area contributed by atoms with E-state index in [2.05, 4.69) is 196 Å². The first-order valence-corrected chi connectivity index (χ1v) is 20.5. The summed E-state index contributed by atoms with van der Waals surface area (Å²) in [5.41, 5.74) is 15.8. The Kier molecular flexibility index (Phi) is 6.54. The van der Waals surface area contributed by atoms with Crippen LogP contribution in [0.5, 0.6) is 0 Å². The lowest BCUT2D eigenvalue weighted by atomic mass is 9.80. The molecular formula is C57H36O2. The summed E-state index contributed by atoms with van der Waals surface area (Å²) in [6.07, 6.45) is 0. The van der Waals surface area contributed by atoms with Crippen LogP contribution in [0.3, 0.4) is 0 Å². The van der Waals surface area contributed by atoms with Gasteiger partial charge < -0.3 is 8.83 Å². The van der Waals surface area contributed by atoms with Crippen molar-refractivity contribution in [3.8, 4) is 44.5 Å². The molecule has 2 nitrogen and oxygen atoms in total. The second-order valence-corrected chi connectivity index (χ2v) is 16.7. The topological polar surface area (TPSA) is 26.3 Å². The molecule has 13 rings (SSSR count). The van der Waals surface area contributed by atoms with Crippen molar-refractivity contribution in [2.24, 2.45) is 0 Å². The minimum absolute atomic E-state index is 0.198. The Hall–Kier alpha value is -7.42. The van der Waals surface area contributed by atoms with Gasteiger partial charge in [-0.25, -0.2) is 0 Å². The van der Waals surface area contributed by atoms with Gasteiger partial charge in [0.15, 0.2) is 0 Å². The maximum atomic E-state index is 6.81. The molecule has 1 aliphatic rings. The Morgan fingerprint density at radius 3 is 1.71 bits per heavy atom. The van der Waals surface area contributed by atoms with Gasteiger partial charge >= 0.3 is 0 Å². The lowest BCUT2D eigenvalue weighted by Gasteiger charge is -2.23. The molecule has 0 fully saturated rings. The van der Waals surface area contributed by atoms with E-state index in [1.807, 2.05) is 0 Å². The van der Waals surface area contributed by atoms with E-state index in [9.17, 15) is 0 Å². The van der Waals surface area contributed by atoms with Crippen molar-refractivity contribution in [2.45, 2.75) is 19.3 Å². The molecule has 0 unspecified atom stereocenters. The van der Waals surface area contributed by atoms with E-state index < -0.39 is 0 Å². The van der Waals surface area contributed by atoms with Crippen LogP contribution >= 0.6 is 0 Å². The maximum Gasteiger partial charge on any atom is 0.147 e. The highest BCUT2D eigenvalue weighted by Gasteiger charge is 2.36. The van der Waals surface area contributed by atoms with Gasteiger partial charge in [-0.05, 0) is 118 Å². The molecule has 2 heteroatoms. The second-order valence-electron chi connectivity index (χ2n) is 16.7. The minimum atomic E-state index is -0.198. The first-order chi connectivity index (χ1) is 29.0. The van der Waals surface area contributed by atoms with Gasteiger partial charge in [0.1, 0.15) is 22.3 Å². The van der Waals surface area contributed by atoms with Crippen molar-refractivity contribution in [2.75, 3.05) is 0 Å². The first kappa shape index (κ1) is 32.6. The quantitative estimate of drug-likeness (QED) is 0.168. The standard InChI is InChI=1S/C57H36O2/c1-57(2)46-28-25-35(44-32-50-55(56-53(44)43-22-12-13-23-48(43)59-56)54-37-17-7-6-14-33(37)26-29-49(54)58-50)30-45(46)38-27-24-36(31-47(38)57)52-41-20-10-8-18-39(41)51(34-15-4-3-5-16-34)40-19-9-11-21-42(40)52/h3-32H,1-2H3. The molecule has 2 heterocycles. The third kappa shape index (κ3) is 4.46. The Morgan fingerprint density at radius 2 is 0.966 bits per heavy atom. The fraction of sp³-hybridized carbons (Fsp3) is 0.0526. The van der Waals surface area contributed by atoms with Gasteiger partial charge in [0.2, 0.25) is 0 Å². The monoisotopic (exact) mass is 752 g/mol. The molecule has 59 heavy (non-hydrogen) atoms. The fourth-order valence-electron chi connectivity index (χ4n) is 10.6. The lowest BCUT2D eigenvalue weighted by molar-refractivity contribution is 0.660. The van der Waals surface area contributed by atoms with Gasteiger partial charge in [-0.3, -0.25) is 0 Å². The number of para-hydroxylation sites is 1. The van der Waals surface area contributed by atoms with Crippen molar-refractivity contribution >= 4 is 76.2 Å². The molecule has 0 aliphatic heterocycles. The Bertz CT molecular complexity index is 3690. The summed E-state index contributed by atoms with van der Waals surface area (Å²) in [6, 6.07) is 66.4. The van der Waals surface area contributed by atoms with Crippen LogP contribution in [0.2, 0.25) is 0 Å². The Morgan fingerprint density at radius 1 is 0.339 bits per heavy atom. The summed E-state index contributed by atoms with van der Waals surface area (Å²) >= 11 is 0. The Labute approximate surface area is 340 Å². The number of fused-ring (bicyclic) bond motifs is 14. The molecule has 0 amide bonds. The highest BCUT2D eigenvalue weighted by Crippen LogP contribution is 2.53. The largest absolute Gasteiger partial charge is 0.456 e. The Balaban J connectivity index is 1.03. The lowest BCUT2D eigenvalue weighted by Crippen LogP contribution is -2.15. The molecule has 10 aromatic carbocycles. The summed E-state index contributed by atoms with van der Waals surface area (Å²) in [4.78, 5) is 0. The van der Waals surface area contributed by atoms with Crippen molar-refractivity contribution in [1.82, 2.24) is 0 Å². The van der Waals surface area contributed by atoms with Gasteiger partial charge in [-0.1, -0.05) is 166 Å². The van der Waals surface area contributed by atoms with E-state index >= 15 is 0 Å². The molecular weight excluding hydrogens is 717 g/mol. The van der Waals surface area contributed by atoms with Crippen LogP contribution in [0, 0.1) is 0 Å². The van der Waals surface area contributed by atoms with Crippen LogP contribution in [0.15, 0.2) is 191 Å². The van der Waals surface area contributed by atoms with E-state index in [0.717, 1.165) is 55.0 Å². The first-order valence-electron chi connectivity index (χ1n) is 20.5. The van der Waals surface area contributed by atoms with Crippen LogP contribution in [0.1, 0.15) is 25.0 Å².